The smallest absolute Gasteiger partial charge is 0.257 e. The van der Waals surface area contributed by atoms with E-state index in [9.17, 15) is 9.59 Å². The predicted molar refractivity (Wildman–Crippen MR) is 87.4 cm³/mol. The van der Waals surface area contributed by atoms with E-state index in [1.807, 2.05) is 0 Å². The van der Waals surface area contributed by atoms with E-state index in [4.69, 9.17) is 0 Å². The highest BCUT2D eigenvalue weighted by atomic mass is 32.2. The van der Waals surface area contributed by atoms with Crippen molar-refractivity contribution in [3.05, 3.63) is 21.6 Å². The van der Waals surface area contributed by atoms with Crippen LogP contribution in [0.3, 0.4) is 0 Å². The Labute approximate surface area is 134 Å². The van der Waals surface area contributed by atoms with Crippen molar-refractivity contribution in [3.8, 4) is 0 Å². The minimum Gasteiger partial charge on any atom is -0.356 e. The number of hydrogen-bond donors (Lipinski definition) is 1. The molecule has 1 aromatic heterocycles. The Morgan fingerprint density at radius 3 is 2.95 bits per heavy atom. The number of carbonyl (C=O) groups is 1. The zero-order valence-electron chi connectivity index (χ0n) is 13.2. The number of thioether (sulfide) groups is 1. The van der Waals surface area contributed by atoms with Gasteiger partial charge in [-0.1, -0.05) is 25.6 Å². The van der Waals surface area contributed by atoms with Gasteiger partial charge in [0.2, 0.25) is 5.91 Å². The largest absolute Gasteiger partial charge is 0.356 e. The predicted octanol–water partition coefficient (Wildman–Crippen LogP) is 1.93. The number of carbonyl (C=O) groups excluding carboxylic acids is 1. The number of hydrogen-bond acceptors (Lipinski definition) is 4. The van der Waals surface area contributed by atoms with Gasteiger partial charge in [0.1, 0.15) is 0 Å². The molecule has 3 rings (SSSR count). The highest BCUT2D eigenvalue weighted by molar-refractivity contribution is 7.99. The van der Waals surface area contributed by atoms with Gasteiger partial charge in [-0.05, 0) is 31.6 Å². The lowest BCUT2D eigenvalue weighted by Crippen LogP contribution is -2.34. The number of aromatic nitrogens is 2. The van der Waals surface area contributed by atoms with Crippen molar-refractivity contribution in [2.75, 3.05) is 12.3 Å². The Bertz CT molecular complexity index is 639. The Kier molecular flexibility index (Phi) is 4.57. The maximum atomic E-state index is 12.7. The van der Waals surface area contributed by atoms with Gasteiger partial charge in [-0.15, -0.1) is 0 Å². The van der Waals surface area contributed by atoms with Crippen LogP contribution in [0.5, 0.6) is 0 Å². The molecule has 0 spiro atoms. The lowest BCUT2D eigenvalue weighted by molar-refractivity contribution is -0.121. The molecule has 0 bridgehead atoms. The number of amides is 1. The van der Waals surface area contributed by atoms with E-state index in [0.717, 1.165) is 47.8 Å². The third kappa shape index (κ3) is 3.07. The van der Waals surface area contributed by atoms with E-state index < -0.39 is 0 Å². The zero-order chi connectivity index (χ0) is 15.7. The first-order valence-corrected chi connectivity index (χ1v) is 9.08. The molecule has 0 fully saturated rings. The first-order chi connectivity index (χ1) is 10.6. The lowest BCUT2D eigenvalue weighted by Gasteiger charge is -2.19. The maximum Gasteiger partial charge on any atom is 0.257 e. The molecule has 0 aromatic carbocycles. The van der Waals surface area contributed by atoms with Gasteiger partial charge in [-0.2, -0.15) is 0 Å². The summed E-state index contributed by atoms with van der Waals surface area (Å²) in [6.07, 6.45) is 4.30. The monoisotopic (exact) mass is 321 g/mol. The van der Waals surface area contributed by atoms with Crippen molar-refractivity contribution in [3.63, 3.8) is 0 Å². The molecule has 2 heterocycles. The van der Waals surface area contributed by atoms with Crippen molar-refractivity contribution in [2.45, 2.75) is 57.1 Å². The highest BCUT2D eigenvalue weighted by Crippen LogP contribution is 2.33. The normalized spacial score (nSPS) is 19.9. The van der Waals surface area contributed by atoms with Crippen LogP contribution in [0.15, 0.2) is 9.95 Å². The van der Waals surface area contributed by atoms with Crippen LogP contribution < -0.4 is 10.9 Å². The summed E-state index contributed by atoms with van der Waals surface area (Å²) in [4.78, 5) is 29.5. The molecule has 1 aliphatic heterocycles. The summed E-state index contributed by atoms with van der Waals surface area (Å²) in [6, 6.07) is -0.0561. The Morgan fingerprint density at radius 1 is 1.41 bits per heavy atom. The molecular weight excluding hydrogens is 298 g/mol. The molecule has 0 radical (unpaired) electrons. The van der Waals surface area contributed by atoms with Gasteiger partial charge in [0.05, 0.1) is 11.7 Å². The average molecular weight is 321 g/mol. The number of rotatable bonds is 4. The molecule has 1 N–H and O–H groups in total. The van der Waals surface area contributed by atoms with Gasteiger partial charge in [0.15, 0.2) is 5.16 Å². The van der Waals surface area contributed by atoms with E-state index in [0.29, 0.717) is 18.9 Å². The van der Waals surface area contributed by atoms with Crippen LogP contribution in [-0.4, -0.2) is 27.8 Å². The zero-order valence-corrected chi connectivity index (χ0v) is 14.0. The average Bonchev–Trinajstić information content (AvgIpc) is 2.88. The Morgan fingerprint density at radius 2 is 2.18 bits per heavy atom. The summed E-state index contributed by atoms with van der Waals surface area (Å²) in [6.45, 7) is 4.83. The molecular formula is C16H23N3O2S. The summed E-state index contributed by atoms with van der Waals surface area (Å²) < 4.78 is 1.77. The molecule has 2 aliphatic rings. The van der Waals surface area contributed by atoms with Crippen molar-refractivity contribution in [1.29, 1.82) is 0 Å². The minimum atomic E-state index is -0.0561. The fourth-order valence-corrected chi connectivity index (χ4v) is 4.22. The standard InChI is InChI=1S/C16H23N3O2S/c1-10(2)8-17-14(20)7-11-9-22-16-18-13-6-4-3-5-12(13)15(21)19(11)16/h10-11H,3-9H2,1-2H3,(H,17,20). The van der Waals surface area contributed by atoms with Crippen molar-refractivity contribution in [2.24, 2.45) is 5.92 Å². The summed E-state index contributed by atoms with van der Waals surface area (Å²) in [7, 11) is 0. The summed E-state index contributed by atoms with van der Waals surface area (Å²) in [5.41, 5.74) is 1.95. The molecule has 1 amide bonds. The highest BCUT2D eigenvalue weighted by Gasteiger charge is 2.30. The van der Waals surface area contributed by atoms with E-state index in [-0.39, 0.29) is 17.5 Å². The van der Waals surface area contributed by atoms with Crippen molar-refractivity contribution in [1.82, 2.24) is 14.9 Å². The summed E-state index contributed by atoms with van der Waals surface area (Å²) in [5, 5.41) is 3.74. The second-order valence-electron chi connectivity index (χ2n) is 6.57. The SMILES string of the molecule is CC(C)CNC(=O)CC1CSc2nc3c(c(=O)n21)CCCC3. The van der Waals surface area contributed by atoms with Crippen LogP contribution in [0.25, 0.3) is 0 Å². The van der Waals surface area contributed by atoms with Gasteiger partial charge in [0.25, 0.3) is 5.56 Å². The van der Waals surface area contributed by atoms with Crippen LogP contribution in [0, 0.1) is 5.92 Å². The molecule has 1 unspecified atom stereocenters. The van der Waals surface area contributed by atoms with E-state index in [1.165, 1.54) is 0 Å². The number of nitrogens with zero attached hydrogens (tertiary/aromatic N) is 2. The van der Waals surface area contributed by atoms with Gasteiger partial charge in [-0.3, -0.25) is 14.2 Å². The van der Waals surface area contributed by atoms with Crippen LogP contribution in [0.4, 0.5) is 0 Å². The van der Waals surface area contributed by atoms with Crippen molar-refractivity contribution >= 4 is 17.7 Å². The lowest BCUT2D eigenvalue weighted by atomic mass is 9.97. The molecule has 22 heavy (non-hydrogen) atoms. The first-order valence-electron chi connectivity index (χ1n) is 8.10. The van der Waals surface area contributed by atoms with Crippen LogP contribution in [0.2, 0.25) is 0 Å². The fraction of sp³-hybridized carbons (Fsp3) is 0.688. The van der Waals surface area contributed by atoms with Gasteiger partial charge < -0.3 is 5.32 Å². The van der Waals surface area contributed by atoms with E-state index >= 15 is 0 Å². The molecule has 0 saturated heterocycles. The van der Waals surface area contributed by atoms with Gasteiger partial charge >= 0.3 is 0 Å². The van der Waals surface area contributed by atoms with E-state index in [2.05, 4.69) is 24.1 Å². The second-order valence-corrected chi connectivity index (χ2v) is 7.56. The molecule has 1 aromatic rings. The molecule has 0 saturated carbocycles. The van der Waals surface area contributed by atoms with E-state index in [1.54, 1.807) is 16.3 Å². The van der Waals surface area contributed by atoms with Crippen LogP contribution in [-0.2, 0) is 17.6 Å². The fourth-order valence-electron chi connectivity index (χ4n) is 3.07. The van der Waals surface area contributed by atoms with Crippen LogP contribution in [0.1, 0.15) is 50.4 Å². The van der Waals surface area contributed by atoms with Crippen molar-refractivity contribution < 1.29 is 4.79 Å². The Balaban J connectivity index is 1.79. The molecule has 5 nitrogen and oxygen atoms in total. The maximum absolute atomic E-state index is 12.7. The summed E-state index contributed by atoms with van der Waals surface area (Å²) >= 11 is 1.60. The second kappa shape index (κ2) is 6.44. The number of aryl methyl sites for hydroxylation is 1. The quantitative estimate of drug-likeness (QED) is 0.861. The molecule has 1 aliphatic carbocycles. The molecule has 6 heteroatoms. The number of nitrogens with one attached hydrogen (secondary N) is 1. The topological polar surface area (TPSA) is 64.0 Å². The molecule has 1 atom stereocenters. The van der Waals surface area contributed by atoms with Gasteiger partial charge in [-0.25, -0.2) is 4.98 Å². The third-order valence-corrected chi connectivity index (χ3v) is 5.35. The Hall–Kier alpha value is -1.30. The summed E-state index contributed by atoms with van der Waals surface area (Å²) in [5.74, 6) is 1.22. The third-order valence-electron chi connectivity index (χ3n) is 4.25. The van der Waals surface area contributed by atoms with Crippen LogP contribution >= 0.6 is 11.8 Å². The minimum absolute atomic E-state index is 0.0248. The number of fused-ring (bicyclic) bond motifs is 2. The van der Waals surface area contributed by atoms with Gasteiger partial charge in [0, 0.05) is 24.3 Å². The first kappa shape index (κ1) is 15.6. The molecule has 120 valence electrons.